The number of carbonyl (C=O) groups is 1. The van der Waals surface area contributed by atoms with Crippen molar-refractivity contribution in [2.45, 2.75) is 32.8 Å². The molecule has 1 atom stereocenters. The number of anilines is 2. The van der Waals surface area contributed by atoms with Crippen LogP contribution in [0, 0.1) is 5.41 Å². The topological polar surface area (TPSA) is 90.8 Å². The third kappa shape index (κ3) is 4.25. The second kappa shape index (κ2) is 7.21. The molecule has 2 N–H and O–H groups in total. The zero-order chi connectivity index (χ0) is 17.9. The number of rotatable bonds is 3. The van der Waals surface area contributed by atoms with E-state index in [2.05, 4.69) is 29.1 Å². The second-order valence-electron chi connectivity index (χ2n) is 7.14. The second-order valence-corrected chi connectivity index (χ2v) is 7.14. The normalized spacial score (nSPS) is 20.2. The van der Waals surface area contributed by atoms with Crippen LogP contribution in [0.5, 0.6) is 5.88 Å². The highest BCUT2D eigenvalue weighted by molar-refractivity contribution is 5.94. The maximum atomic E-state index is 12.8. The van der Waals surface area contributed by atoms with Crippen LogP contribution in [0.1, 0.15) is 26.7 Å². The minimum atomic E-state index is -0.385. The minimum absolute atomic E-state index is 0.144. The first-order valence-electron chi connectivity index (χ1n) is 8.04. The van der Waals surface area contributed by atoms with Gasteiger partial charge in [0.05, 0.1) is 13.2 Å². The summed E-state index contributed by atoms with van der Waals surface area (Å²) < 4.78 is 5.26. The molecule has 1 aliphatic heterocycles. The van der Waals surface area contributed by atoms with Crippen molar-refractivity contribution in [1.29, 1.82) is 0 Å². The molecule has 8 heteroatoms. The van der Waals surface area contributed by atoms with E-state index in [1.54, 1.807) is 9.80 Å². The summed E-state index contributed by atoms with van der Waals surface area (Å²) in [5.74, 6) is 0.889. The molecule has 2 heterocycles. The van der Waals surface area contributed by atoms with Gasteiger partial charge in [-0.3, -0.25) is 5.32 Å². The van der Waals surface area contributed by atoms with Gasteiger partial charge in [-0.05, 0) is 18.3 Å². The zero-order valence-corrected chi connectivity index (χ0v) is 15.0. The number of aromatic nitrogens is 2. The van der Waals surface area contributed by atoms with Crippen molar-refractivity contribution < 1.29 is 14.6 Å². The maximum Gasteiger partial charge on any atom is 0.322 e. The Bertz CT molecular complexity index is 591. The number of nitrogens with zero attached hydrogens (tertiary/aromatic N) is 4. The fourth-order valence-corrected chi connectivity index (χ4v) is 3.03. The van der Waals surface area contributed by atoms with Crippen LogP contribution in [0.4, 0.5) is 16.3 Å². The molecule has 1 saturated heterocycles. The van der Waals surface area contributed by atoms with E-state index in [4.69, 9.17) is 4.74 Å². The van der Waals surface area contributed by atoms with Crippen LogP contribution < -0.4 is 15.0 Å². The molecule has 1 aromatic heterocycles. The molecular formula is C16H27N5O3. The lowest BCUT2D eigenvalue weighted by Crippen LogP contribution is -2.40. The standard InChI is InChI=1S/C16H27N5O3/c1-16(2)8-11(22)6-7-21(9-16)15(23)19-12-13(20(3)4)17-10-18-14(12)24-5/h10-11,22H,6-9H2,1-5H3,(H,19,23). The maximum absolute atomic E-state index is 12.8. The van der Waals surface area contributed by atoms with Gasteiger partial charge in [-0.1, -0.05) is 13.8 Å². The number of likely N-dealkylation sites (tertiary alicyclic amines) is 1. The van der Waals surface area contributed by atoms with E-state index in [-0.39, 0.29) is 17.6 Å². The minimum Gasteiger partial charge on any atom is -0.479 e. The summed E-state index contributed by atoms with van der Waals surface area (Å²) in [6.07, 6.45) is 2.26. The molecule has 0 bridgehead atoms. The predicted molar refractivity (Wildman–Crippen MR) is 92.5 cm³/mol. The van der Waals surface area contributed by atoms with Crippen molar-refractivity contribution in [1.82, 2.24) is 14.9 Å². The number of nitrogens with one attached hydrogen (secondary N) is 1. The van der Waals surface area contributed by atoms with Crippen molar-refractivity contribution in [3.8, 4) is 5.88 Å². The van der Waals surface area contributed by atoms with Crippen molar-refractivity contribution >= 4 is 17.5 Å². The van der Waals surface area contributed by atoms with Crippen LogP contribution in [-0.2, 0) is 0 Å². The Morgan fingerprint density at radius 2 is 2.17 bits per heavy atom. The van der Waals surface area contributed by atoms with Crippen LogP contribution in [-0.4, -0.2) is 66.4 Å². The molecule has 0 saturated carbocycles. The molecule has 0 radical (unpaired) electrons. The number of ether oxygens (including phenoxy) is 1. The monoisotopic (exact) mass is 337 g/mol. The summed E-state index contributed by atoms with van der Waals surface area (Å²) in [6.45, 7) is 5.19. The van der Waals surface area contributed by atoms with Gasteiger partial charge in [0, 0.05) is 27.2 Å². The van der Waals surface area contributed by atoms with Crippen LogP contribution in [0.25, 0.3) is 0 Å². The zero-order valence-electron chi connectivity index (χ0n) is 15.0. The third-order valence-corrected chi connectivity index (χ3v) is 4.07. The van der Waals surface area contributed by atoms with Crippen LogP contribution >= 0.6 is 0 Å². The Labute approximate surface area is 142 Å². The first kappa shape index (κ1) is 18.3. The van der Waals surface area contributed by atoms with Crippen molar-refractivity contribution in [2.24, 2.45) is 5.41 Å². The summed E-state index contributed by atoms with van der Waals surface area (Å²) in [5, 5.41) is 12.9. The molecule has 134 valence electrons. The fraction of sp³-hybridized carbons (Fsp3) is 0.688. The highest BCUT2D eigenvalue weighted by Gasteiger charge is 2.32. The molecule has 0 aliphatic carbocycles. The molecule has 0 spiro atoms. The number of urea groups is 1. The van der Waals surface area contributed by atoms with Gasteiger partial charge in [0.1, 0.15) is 12.0 Å². The quantitative estimate of drug-likeness (QED) is 0.870. The lowest BCUT2D eigenvalue weighted by Gasteiger charge is -2.30. The van der Waals surface area contributed by atoms with Crippen LogP contribution in [0.3, 0.4) is 0 Å². The molecule has 1 aromatic rings. The number of amides is 2. The van der Waals surface area contributed by atoms with Crippen molar-refractivity contribution in [3.63, 3.8) is 0 Å². The number of aliphatic hydroxyl groups is 1. The predicted octanol–water partition coefficient (Wildman–Crippen LogP) is 1.57. The van der Waals surface area contributed by atoms with Gasteiger partial charge in [0.25, 0.3) is 0 Å². The van der Waals surface area contributed by atoms with E-state index in [1.165, 1.54) is 13.4 Å². The van der Waals surface area contributed by atoms with E-state index in [0.717, 1.165) is 0 Å². The number of carbonyl (C=O) groups excluding carboxylic acids is 1. The summed E-state index contributed by atoms with van der Waals surface area (Å²) in [5.41, 5.74) is 0.298. The summed E-state index contributed by atoms with van der Waals surface area (Å²) in [4.78, 5) is 24.5. The van der Waals surface area contributed by atoms with Crippen LogP contribution in [0.2, 0.25) is 0 Å². The Morgan fingerprint density at radius 3 is 2.79 bits per heavy atom. The smallest absolute Gasteiger partial charge is 0.322 e. The molecule has 1 unspecified atom stereocenters. The van der Waals surface area contributed by atoms with Gasteiger partial charge in [-0.2, -0.15) is 4.98 Å². The summed E-state index contributed by atoms with van der Waals surface area (Å²) in [6, 6.07) is -0.242. The van der Waals surface area contributed by atoms with Gasteiger partial charge in [-0.15, -0.1) is 0 Å². The Kier molecular flexibility index (Phi) is 5.48. The molecule has 1 aliphatic rings. The number of aliphatic hydroxyl groups excluding tert-OH is 1. The van der Waals surface area contributed by atoms with E-state index in [1.807, 2.05) is 14.1 Å². The lowest BCUT2D eigenvalue weighted by atomic mass is 9.87. The molecule has 2 amide bonds. The Hall–Kier alpha value is -2.09. The number of methoxy groups -OCH3 is 1. The summed E-state index contributed by atoms with van der Waals surface area (Å²) >= 11 is 0. The number of hydrogen-bond donors (Lipinski definition) is 2. The van der Waals surface area contributed by atoms with E-state index in [9.17, 15) is 9.90 Å². The van der Waals surface area contributed by atoms with Gasteiger partial charge in [0.2, 0.25) is 5.88 Å². The average Bonchev–Trinajstić information content (AvgIpc) is 2.64. The largest absolute Gasteiger partial charge is 0.479 e. The first-order valence-corrected chi connectivity index (χ1v) is 8.04. The molecule has 24 heavy (non-hydrogen) atoms. The van der Waals surface area contributed by atoms with Crippen LogP contribution in [0.15, 0.2) is 6.33 Å². The lowest BCUT2D eigenvalue weighted by molar-refractivity contribution is 0.122. The van der Waals surface area contributed by atoms with E-state index >= 15 is 0 Å². The molecule has 8 nitrogen and oxygen atoms in total. The Morgan fingerprint density at radius 1 is 1.46 bits per heavy atom. The van der Waals surface area contributed by atoms with E-state index in [0.29, 0.717) is 43.3 Å². The molecular weight excluding hydrogens is 310 g/mol. The third-order valence-electron chi connectivity index (χ3n) is 4.07. The Balaban J connectivity index is 2.23. The fourth-order valence-electron chi connectivity index (χ4n) is 3.03. The highest BCUT2D eigenvalue weighted by Crippen LogP contribution is 2.32. The van der Waals surface area contributed by atoms with Gasteiger partial charge in [0.15, 0.2) is 5.82 Å². The first-order chi connectivity index (χ1) is 11.2. The van der Waals surface area contributed by atoms with Gasteiger partial charge in [-0.25, -0.2) is 9.78 Å². The van der Waals surface area contributed by atoms with E-state index < -0.39 is 0 Å². The molecule has 0 aromatic carbocycles. The van der Waals surface area contributed by atoms with Gasteiger partial charge < -0.3 is 19.6 Å². The SMILES string of the molecule is COc1ncnc(N(C)C)c1NC(=O)N1CCC(O)CC(C)(C)C1. The average molecular weight is 337 g/mol. The van der Waals surface area contributed by atoms with Crippen molar-refractivity contribution in [2.75, 3.05) is 44.5 Å². The molecule has 1 fully saturated rings. The van der Waals surface area contributed by atoms with Crippen molar-refractivity contribution in [3.05, 3.63) is 6.33 Å². The highest BCUT2D eigenvalue weighted by atomic mass is 16.5. The van der Waals surface area contributed by atoms with Gasteiger partial charge >= 0.3 is 6.03 Å². The number of hydrogen-bond acceptors (Lipinski definition) is 6. The molecule has 2 rings (SSSR count). The summed E-state index contributed by atoms with van der Waals surface area (Å²) in [7, 11) is 5.18.